The Kier molecular flexibility index (Phi) is 8.83. The summed E-state index contributed by atoms with van der Waals surface area (Å²) in [6, 6.07) is 18.7. The summed E-state index contributed by atoms with van der Waals surface area (Å²) in [5.41, 5.74) is 2.45. The minimum absolute atomic E-state index is 0. The molecule has 0 saturated heterocycles. The number of nitriles is 1. The zero-order valence-electron chi connectivity index (χ0n) is 18.9. The number of hydrogen-bond donors (Lipinski definition) is 2. The average molecular weight is 531 g/mol. The van der Waals surface area contributed by atoms with Crippen molar-refractivity contribution in [3.05, 3.63) is 81.3 Å². The van der Waals surface area contributed by atoms with Gasteiger partial charge in [0.05, 0.1) is 35.9 Å². The highest BCUT2D eigenvalue weighted by atomic mass is 35.5. The second-order valence-corrected chi connectivity index (χ2v) is 8.23. The van der Waals surface area contributed by atoms with Gasteiger partial charge in [-0.1, -0.05) is 35.3 Å². The van der Waals surface area contributed by atoms with E-state index >= 15 is 0 Å². The van der Waals surface area contributed by atoms with Crippen LogP contribution in [0.1, 0.15) is 16.7 Å². The molecule has 180 valence electrons. The smallest absolute Gasteiger partial charge is 0.157 e. The Hall–Kier alpha value is -3.44. The molecule has 1 heterocycles. The predicted octanol–water partition coefficient (Wildman–Crippen LogP) is 6.47. The Bertz CT molecular complexity index is 1390. The fourth-order valence-corrected chi connectivity index (χ4v) is 4.06. The maximum absolute atomic E-state index is 9.39. The first-order valence-corrected chi connectivity index (χ1v) is 11.1. The molecule has 1 aromatic heterocycles. The molecule has 0 radical (unpaired) electrons. The van der Waals surface area contributed by atoms with Crippen molar-refractivity contribution in [2.45, 2.75) is 13.1 Å². The number of benzene rings is 3. The van der Waals surface area contributed by atoms with Gasteiger partial charge in [0.1, 0.15) is 11.5 Å². The zero-order chi connectivity index (χ0) is 24.1. The standard InChI is InChI=1S/C25H21Cl2N5O2.ClH/c1-33-22-7-4-16(10-20(22)26)13-29-24-18-6-3-15(12-28)9-19(18)25(32-31-24)30-14-17-5-8-23(34-2)21(27)11-17;/h3-11H,13-14H2,1-2H3,(H,29,31)(H,30,32);1H. The average Bonchev–Trinajstić information content (AvgIpc) is 2.86. The van der Waals surface area contributed by atoms with E-state index in [1.165, 1.54) is 0 Å². The highest BCUT2D eigenvalue weighted by Gasteiger charge is 2.12. The monoisotopic (exact) mass is 529 g/mol. The van der Waals surface area contributed by atoms with Gasteiger partial charge in [0.25, 0.3) is 0 Å². The molecule has 7 nitrogen and oxygen atoms in total. The molecule has 35 heavy (non-hydrogen) atoms. The molecule has 0 amide bonds. The molecule has 0 aliphatic carbocycles. The second-order valence-electron chi connectivity index (χ2n) is 7.41. The van der Waals surface area contributed by atoms with Gasteiger partial charge in [-0.3, -0.25) is 0 Å². The molecule has 0 aliphatic rings. The van der Waals surface area contributed by atoms with Crippen molar-refractivity contribution in [3.63, 3.8) is 0 Å². The van der Waals surface area contributed by atoms with Gasteiger partial charge in [-0.15, -0.1) is 22.6 Å². The Labute approximate surface area is 219 Å². The number of nitrogens with zero attached hydrogens (tertiary/aromatic N) is 3. The van der Waals surface area contributed by atoms with E-state index in [-0.39, 0.29) is 12.4 Å². The van der Waals surface area contributed by atoms with Gasteiger partial charge in [0.15, 0.2) is 11.6 Å². The molecule has 0 spiro atoms. The summed E-state index contributed by atoms with van der Waals surface area (Å²) in [6.07, 6.45) is 0. The molecular weight excluding hydrogens is 509 g/mol. The lowest BCUT2D eigenvalue weighted by Gasteiger charge is -2.13. The van der Waals surface area contributed by atoms with Crippen molar-refractivity contribution in [2.75, 3.05) is 24.9 Å². The van der Waals surface area contributed by atoms with Crippen molar-refractivity contribution < 1.29 is 9.47 Å². The molecule has 0 atom stereocenters. The number of ether oxygens (including phenoxy) is 2. The van der Waals surface area contributed by atoms with E-state index in [0.29, 0.717) is 51.8 Å². The summed E-state index contributed by atoms with van der Waals surface area (Å²) in [5.74, 6) is 2.40. The van der Waals surface area contributed by atoms with E-state index in [9.17, 15) is 5.26 Å². The van der Waals surface area contributed by atoms with E-state index in [2.05, 4.69) is 26.9 Å². The second kappa shape index (κ2) is 11.8. The van der Waals surface area contributed by atoms with Crippen molar-refractivity contribution >= 4 is 58.0 Å². The fraction of sp³-hybridized carbons (Fsp3) is 0.160. The maximum atomic E-state index is 9.39. The van der Waals surface area contributed by atoms with Crippen LogP contribution in [-0.4, -0.2) is 24.4 Å². The lowest BCUT2D eigenvalue weighted by molar-refractivity contribution is 0.415. The fourth-order valence-electron chi connectivity index (χ4n) is 3.50. The molecule has 3 aromatic carbocycles. The zero-order valence-corrected chi connectivity index (χ0v) is 21.3. The number of aromatic nitrogens is 2. The van der Waals surface area contributed by atoms with E-state index < -0.39 is 0 Å². The van der Waals surface area contributed by atoms with Crippen LogP contribution in [0.2, 0.25) is 10.0 Å². The summed E-state index contributed by atoms with van der Waals surface area (Å²) in [6.45, 7) is 0.964. The predicted molar refractivity (Wildman–Crippen MR) is 142 cm³/mol. The molecule has 4 rings (SSSR count). The quantitative estimate of drug-likeness (QED) is 0.270. The van der Waals surface area contributed by atoms with E-state index in [1.807, 2.05) is 42.5 Å². The van der Waals surface area contributed by atoms with Crippen LogP contribution in [0.25, 0.3) is 10.8 Å². The van der Waals surface area contributed by atoms with Crippen molar-refractivity contribution in [3.8, 4) is 17.6 Å². The third kappa shape index (κ3) is 5.98. The van der Waals surface area contributed by atoms with Crippen molar-refractivity contribution in [2.24, 2.45) is 0 Å². The van der Waals surface area contributed by atoms with Crippen LogP contribution in [0, 0.1) is 11.3 Å². The van der Waals surface area contributed by atoms with E-state index in [4.69, 9.17) is 32.7 Å². The normalized spacial score (nSPS) is 10.3. The summed E-state index contributed by atoms with van der Waals surface area (Å²) < 4.78 is 10.4. The highest BCUT2D eigenvalue weighted by molar-refractivity contribution is 6.32. The molecule has 0 aliphatic heterocycles. The molecule has 2 N–H and O–H groups in total. The Morgan fingerprint density at radius 2 is 1.29 bits per heavy atom. The number of anilines is 2. The van der Waals surface area contributed by atoms with Crippen molar-refractivity contribution in [1.82, 2.24) is 10.2 Å². The summed E-state index contributed by atoms with van der Waals surface area (Å²) in [5, 5.41) is 27.4. The summed E-state index contributed by atoms with van der Waals surface area (Å²) >= 11 is 12.5. The first-order valence-electron chi connectivity index (χ1n) is 10.4. The third-order valence-electron chi connectivity index (χ3n) is 5.26. The Balaban J connectivity index is 0.00000342. The van der Waals surface area contributed by atoms with Crippen LogP contribution >= 0.6 is 35.6 Å². The van der Waals surface area contributed by atoms with Crippen LogP contribution < -0.4 is 20.1 Å². The molecule has 0 unspecified atom stereocenters. The van der Waals surface area contributed by atoms with Crippen LogP contribution in [0.15, 0.2) is 54.6 Å². The molecule has 10 heteroatoms. The first kappa shape index (κ1) is 26.2. The van der Waals surface area contributed by atoms with Crippen LogP contribution in [0.4, 0.5) is 11.6 Å². The van der Waals surface area contributed by atoms with Gasteiger partial charge in [-0.05, 0) is 53.6 Å². The lowest BCUT2D eigenvalue weighted by atomic mass is 10.1. The number of hydrogen-bond acceptors (Lipinski definition) is 7. The number of rotatable bonds is 8. The van der Waals surface area contributed by atoms with Crippen LogP contribution in [0.3, 0.4) is 0 Å². The lowest BCUT2D eigenvalue weighted by Crippen LogP contribution is -2.07. The molecule has 0 saturated carbocycles. The highest BCUT2D eigenvalue weighted by Crippen LogP contribution is 2.30. The first-order chi connectivity index (χ1) is 16.5. The largest absolute Gasteiger partial charge is 0.495 e. The number of nitrogens with one attached hydrogen (secondary N) is 2. The maximum Gasteiger partial charge on any atom is 0.157 e. The molecule has 4 aromatic rings. The van der Waals surface area contributed by atoms with Gasteiger partial charge < -0.3 is 20.1 Å². The summed E-state index contributed by atoms with van der Waals surface area (Å²) in [7, 11) is 3.15. The molecule has 0 fully saturated rings. The van der Waals surface area contributed by atoms with Gasteiger partial charge in [-0.25, -0.2) is 0 Å². The minimum Gasteiger partial charge on any atom is -0.495 e. The van der Waals surface area contributed by atoms with Gasteiger partial charge >= 0.3 is 0 Å². The third-order valence-corrected chi connectivity index (χ3v) is 5.85. The summed E-state index contributed by atoms with van der Waals surface area (Å²) in [4.78, 5) is 0. The van der Waals surface area contributed by atoms with Gasteiger partial charge in [-0.2, -0.15) is 5.26 Å². The molecule has 0 bridgehead atoms. The number of methoxy groups -OCH3 is 2. The SMILES string of the molecule is COc1ccc(CNc2nnc(NCc3ccc(OC)c(Cl)c3)c3cc(C#N)ccc23)cc1Cl.Cl. The Morgan fingerprint density at radius 1 is 0.771 bits per heavy atom. The minimum atomic E-state index is 0. The van der Waals surface area contributed by atoms with E-state index in [0.717, 1.165) is 21.9 Å². The van der Waals surface area contributed by atoms with E-state index in [1.54, 1.807) is 26.4 Å². The number of fused-ring (bicyclic) bond motifs is 1. The molecular formula is C25H22Cl3N5O2. The Morgan fingerprint density at radius 3 is 1.74 bits per heavy atom. The van der Waals surface area contributed by atoms with Crippen LogP contribution in [-0.2, 0) is 13.1 Å². The van der Waals surface area contributed by atoms with Gasteiger partial charge in [0.2, 0.25) is 0 Å². The van der Waals surface area contributed by atoms with Crippen LogP contribution in [0.5, 0.6) is 11.5 Å². The topological polar surface area (TPSA) is 92.1 Å². The van der Waals surface area contributed by atoms with Gasteiger partial charge in [0, 0.05) is 23.9 Å². The number of halogens is 3. The van der Waals surface area contributed by atoms with Crippen molar-refractivity contribution in [1.29, 1.82) is 5.26 Å².